The molecule has 2 saturated carbocycles. The summed E-state index contributed by atoms with van der Waals surface area (Å²) in [5, 5.41) is 0. The minimum atomic E-state index is 0. The summed E-state index contributed by atoms with van der Waals surface area (Å²) in [7, 11) is 0. The summed E-state index contributed by atoms with van der Waals surface area (Å²) in [6.07, 6.45) is 15.4. The van der Waals surface area contributed by atoms with E-state index in [9.17, 15) is 0 Å². The Kier molecular flexibility index (Phi) is 13.1. The van der Waals surface area contributed by atoms with E-state index in [1.165, 1.54) is 38.5 Å². The molecule has 2 radical (unpaired) electrons. The van der Waals surface area contributed by atoms with Crippen LogP contribution in [0.15, 0.2) is 0 Å². The topological polar surface area (TPSA) is 0 Å². The number of rotatable bonds is 1. The van der Waals surface area contributed by atoms with Crippen LogP contribution >= 0.6 is 24.8 Å². The van der Waals surface area contributed by atoms with Gasteiger partial charge >= 0.3 is 23.9 Å². The standard InChI is InChI=1S/C12H22.2ClH.Sn.2H/c1-3-7-11(8-4-1)12-9-5-2-6-10-12;;;;;/h11-12H,1-10H2;2*1H;;;. The van der Waals surface area contributed by atoms with Gasteiger partial charge in [0, 0.05) is 0 Å². The van der Waals surface area contributed by atoms with Crippen molar-refractivity contribution >= 4 is 48.7 Å². The van der Waals surface area contributed by atoms with Crippen molar-refractivity contribution in [1.82, 2.24) is 0 Å². The predicted octanol–water partition coefficient (Wildman–Crippen LogP) is 4.07. The third-order valence-corrected chi connectivity index (χ3v) is 3.97. The molecule has 0 aromatic carbocycles. The van der Waals surface area contributed by atoms with E-state index in [1.54, 1.807) is 25.7 Å². The van der Waals surface area contributed by atoms with Crippen LogP contribution in [0.25, 0.3) is 0 Å². The van der Waals surface area contributed by atoms with Crippen molar-refractivity contribution in [2.24, 2.45) is 11.8 Å². The molecule has 0 N–H and O–H groups in total. The Hall–Kier alpha value is 1.38. The van der Waals surface area contributed by atoms with Gasteiger partial charge in [-0.05, 0) is 11.8 Å². The monoisotopic (exact) mass is 360 g/mol. The van der Waals surface area contributed by atoms with Crippen LogP contribution < -0.4 is 0 Å². The van der Waals surface area contributed by atoms with E-state index in [0.29, 0.717) is 0 Å². The molecule has 0 bridgehead atoms. The van der Waals surface area contributed by atoms with Crippen molar-refractivity contribution < 1.29 is 0 Å². The summed E-state index contributed by atoms with van der Waals surface area (Å²) in [6, 6.07) is 0. The van der Waals surface area contributed by atoms with Gasteiger partial charge in [-0.2, -0.15) is 0 Å². The van der Waals surface area contributed by atoms with Crippen molar-refractivity contribution in [1.29, 1.82) is 0 Å². The fourth-order valence-electron chi connectivity index (χ4n) is 3.21. The van der Waals surface area contributed by atoms with Crippen LogP contribution in [-0.2, 0) is 0 Å². The van der Waals surface area contributed by atoms with Gasteiger partial charge in [0.2, 0.25) is 0 Å². The van der Waals surface area contributed by atoms with Crippen LogP contribution in [0.4, 0.5) is 0 Å². The quantitative estimate of drug-likeness (QED) is 0.619. The molecule has 0 atom stereocenters. The number of halogens is 2. The zero-order valence-electron chi connectivity index (χ0n) is 9.75. The molecule has 0 nitrogen and oxygen atoms in total. The van der Waals surface area contributed by atoms with Crippen LogP contribution in [-0.4, -0.2) is 23.9 Å². The van der Waals surface area contributed by atoms with Crippen molar-refractivity contribution in [3.8, 4) is 0 Å². The normalized spacial score (nSPS) is 23.2. The van der Waals surface area contributed by atoms with Gasteiger partial charge in [0.15, 0.2) is 0 Å². The van der Waals surface area contributed by atoms with Crippen LogP contribution in [0.1, 0.15) is 64.2 Å². The van der Waals surface area contributed by atoms with Crippen molar-refractivity contribution in [3.63, 3.8) is 0 Å². The molecule has 0 unspecified atom stereocenters. The summed E-state index contributed by atoms with van der Waals surface area (Å²) in [5.41, 5.74) is 0. The Morgan fingerprint density at radius 1 is 0.467 bits per heavy atom. The molecule has 0 aromatic rings. The van der Waals surface area contributed by atoms with Crippen molar-refractivity contribution in [3.05, 3.63) is 0 Å². The van der Waals surface area contributed by atoms with Crippen LogP contribution in [0.5, 0.6) is 0 Å². The van der Waals surface area contributed by atoms with Crippen molar-refractivity contribution in [2.45, 2.75) is 64.2 Å². The molecular formula is C12H26Cl2Sn. The van der Waals surface area contributed by atoms with Crippen molar-refractivity contribution in [2.75, 3.05) is 0 Å². The van der Waals surface area contributed by atoms with Gasteiger partial charge in [0.05, 0.1) is 0 Å². The summed E-state index contributed by atoms with van der Waals surface area (Å²) in [5.74, 6) is 2.28. The summed E-state index contributed by atoms with van der Waals surface area (Å²) >= 11 is 0. The third kappa shape index (κ3) is 6.02. The molecule has 92 valence electrons. The first kappa shape index (κ1) is 18.7. The first-order valence-corrected chi connectivity index (χ1v) is 5.97. The molecule has 0 amide bonds. The third-order valence-electron chi connectivity index (χ3n) is 3.97. The first-order chi connectivity index (χ1) is 5.97. The van der Waals surface area contributed by atoms with Gasteiger partial charge in [0.1, 0.15) is 0 Å². The molecule has 2 aliphatic carbocycles. The van der Waals surface area contributed by atoms with Crippen LogP contribution in [0.3, 0.4) is 0 Å². The molecule has 0 heterocycles. The number of hydrogen-bond donors (Lipinski definition) is 0. The van der Waals surface area contributed by atoms with E-state index in [-0.39, 0.29) is 48.7 Å². The molecule has 0 aromatic heterocycles. The van der Waals surface area contributed by atoms with Gasteiger partial charge in [0.25, 0.3) is 0 Å². The molecule has 2 aliphatic rings. The summed E-state index contributed by atoms with van der Waals surface area (Å²) in [6.45, 7) is 0. The van der Waals surface area contributed by atoms with Gasteiger partial charge in [-0.15, -0.1) is 24.8 Å². The average molecular weight is 360 g/mol. The molecule has 2 rings (SSSR count). The maximum absolute atomic E-state index is 1.56. The van der Waals surface area contributed by atoms with E-state index < -0.39 is 0 Å². The van der Waals surface area contributed by atoms with Gasteiger partial charge < -0.3 is 0 Å². The fourth-order valence-corrected chi connectivity index (χ4v) is 3.21. The second-order valence-electron chi connectivity index (χ2n) is 4.80. The minimum absolute atomic E-state index is 0. The molecule has 0 spiro atoms. The van der Waals surface area contributed by atoms with E-state index in [1.807, 2.05) is 0 Å². The predicted molar refractivity (Wildman–Crippen MR) is 76.2 cm³/mol. The Balaban J connectivity index is 0. The Labute approximate surface area is 124 Å². The number of hydrogen-bond acceptors (Lipinski definition) is 0. The second kappa shape index (κ2) is 10.5. The van der Waals surface area contributed by atoms with E-state index in [2.05, 4.69) is 0 Å². The summed E-state index contributed by atoms with van der Waals surface area (Å²) < 4.78 is 0. The molecule has 3 heteroatoms. The van der Waals surface area contributed by atoms with E-state index >= 15 is 0 Å². The average Bonchev–Trinajstić information content (AvgIpc) is 2.21. The summed E-state index contributed by atoms with van der Waals surface area (Å²) in [4.78, 5) is 0. The fraction of sp³-hybridized carbons (Fsp3) is 1.00. The SMILES string of the molecule is C1CCC(C2CCCCC2)CC1.Cl.Cl.[SnH2]. The van der Waals surface area contributed by atoms with Gasteiger partial charge in [-0.25, -0.2) is 0 Å². The molecule has 15 heavy (non-hydrogen) atoms. The molecular weight excluding hydrogens is 334 g/mol. The van der Waals surface area contributed by atoms with Crippen LogP contribution in [0, 0.1) is 11.8 Å². The van der Waals surface area contributed by atoms with E-state index in [4.69, 9.17) is 0 Å². The maximum atomic E-state index is 1.56. The van der Waals surface area contributed by atoms with Crippen LogP contribution in [0.2, 0.25) is 0 Å². The zero-order valence-corrected chi connectivity index (χ0v) is 15.4. The first-order valence-electron chi connectivity index (χ1n) is 5.97. The van der Waals surface area contributed by atoms with E-state index in [0.717, 1.165) is 11.8 Å². The molecule has 2 fully saturated rings. The molecule has 0 saturated heterocycles. The molecule has 0 aliphatic heterocycles. The Morgan fingerprint density at radius 2 is 0.733 bits per heavy atom. The Morgan fingerprint density at radius 3 is 1.00 bits per heavy atom. The second-order valence-corrected chi connectivity index (χ2v) is 4.80. The Bertz CT molecular complexity index is 114. The zero-order chi connectivity index (χ0) is 8.23. The van der Waals surface area contributed by atoms with Gasteiger partial charge in [-0.3, -0.25) is 0 Å². The van der Waals surface area contributed by atoms with Gasteiger partial charge in [-0.1, -0.05) is 64.2 Å².